The molecule has 0 fully saturated rings. The van der Waals surface area contributed by atoms with Crippen molar-refractivity contribution in [2.75, 3.05) is 0 Å². The van der Waals surface area contributed by atoms with Crippen LogP contribution in [0.5, 0.6) is 0 Å². The first-order chi connectivity index (χ1) is 4.24. The minimum Gasteiger partial charge on any atom is -0.412 e. The fourth-order valence-corrected chi connectivity index (χ4v) is 0.561. The predicted octanol–water partition coefficient (Wildman–Crippen LogP) is -3.76. The average molecular weight is 268 g/mol. The Morgan fingerprint density at radius 1 is 0.727 bits per heavy atom. The first kappa shape index (κ1) is 17.3. The zero-order valence-electron chi connectivity index (χ0n) is 5.61. The van der Waals surface area contributed by atoms with Gasteiger partial charge in [-0.25, -0.2) is 0 Å². The molecule has 55 valence electrons. The molecular weight excluding hydrogens is 266 g/mol. The van der Waals surface area contributed by atoms with Crippen LogP contribution in [-0.2, 0) is 15.5 Å². The monoisotopic (exact) mass is 267 g/mol. The standard InChI is InChI=1S/4CN.K.H2O.Pd/c4*1-2;;;/h;;;;;1H2;/q;;;;+1;;-1. The molecule has 0 radical (unpaired) electrons. The van der Waals surface area contributed by atoms with Crippen LogP contribution in [0.15, 0.2) is 0 Å². The van der Waals surface area contributed by atoms with E-state index < -0.39 is 15.5 Å². The van der Waals surface area contributed by atoms with Crippen molar-refractivity contribution in [3.8, 4) is 18.2 Å². The van der Waals surface area contributed by atoms with E-state index in [1.807, 2.05) is 0 Å². The second-order valence-corrected chi connectivity index (χ2v) is 4.48. The Labute approximate surface area is 110 Å². The summed E-state index contributed by atoms with van der Waals surface area (Å²) < 4.78 is 5.72. The molecular formula is C4H2KN4OPd. The Balaban J connectivity index is -0.000000320. The van der Waals surface area contributed by atoms with E-state index in [9.17, 15) is 0 Å². The van der Waals surface area contributed by atoms with Gasteiger partial charge in [-0.05, 0) is 0 Å². The van der Waals surface area contributed by atoms with Crippen molar-refractivity contribution >= 4 is 0 Å². The molecule has 0 aliphatic carbocycles. The van der Waals surface area contributed by atoms with Crippen LogP contribution >= 0.6 is 0 Å². The van der Waals surface area contributed by atoms with Gasteiger partial charge >= 0.3 is 106 Å². The van der Waals surface area contributed by atoms with Gasteiger partial charge in [0, 0.05) is 0 Å². The van der Waals surface area contributed by atoms with Crippen LogP contribution in [-0.4, -0.2) is 5.48 Å². The Morgan fingerprint density at radius 2 is 0.909 bits per heavy atom. The second-order valence-electron chi connectivity index (χ2n) is 0.757. The quantitative estimate of drug-likeness (QED) is 0.418. The predicted molar refractivity (Wildman–Crippen MR) is 26.1 cm³/mol. The molecule has 0 aliphatic rings. The van der Waals surface area contributed by atoms with E-state index >= 15 is 0 Å². The zero-order valence-corrected chi connectivity index (χ0v) is 10.3. The van der Waals surface area contributed by atoms with Crippen LogP contribution in [0, 0.1) is 39.2 Å². The summed E-state index contributed by atoms with van der Waals surface area (Å²) in [7, 11) is 0. The molecule has 0 saturated carbocycles. The fraction of sp³-hybridized carbons (Fsp3) is 0. The first-order valence-electron chi connectivity index (χ1n) is 1.53. The zero-order chi connectivity index (χ0) is 7.33. The summed E-state index contributed by atoms with van der Waals surface area (Å²) in [6.07, 6.45) is 0. The third kappa shape index (κ3) is 4.62. The summed E-state index contributed by atoms with van der Waals surface area (Å²) in [5.41, 5.74) is 0. The van der Waals surface area contributed by atoms with Crippen molar-refractivity contribution in [2.45, 2.75) is 0 Å². The average Bonchev–Trinajstić information content (AvgIpc) is 1.95. The van der Waals surface area contributed by atoms with Gasteiger partial charge in [0.1, 0.15) is 0 Å². The molecule has 0 aromatic rings. The summed E-state index contributed by atoms with van der Waals surface area (Å²) in [6.45, 7) is 0. The van der Waals surface area contributed by atoms with Gasteiger partial charge in [0.2, 0.25) is 0 Å². The van der Waals surface area contributed by atoms with Crippen molar-refractivity contribution < 1.29 is 72.4 Å². The molecule has 0 spiro atoms. The van der Waals surface area contributed by atoms with Gasteiger partial charge in [0.25, 0.3) is 0 Å². The molecule has 0 bridgehead atoms. The molecule has 0 heterocycles. The molecule has 0 aromatic carbocycles. The van der Waals surface area contributed by atoms with Gasteiger partial charge in [0.15, 0.2) is 0 Å². The van der Waals surface area contributed by atoms with E-state index in [0.717, 1.165) is 0 Å². The van der Waals surface area contributed by atoms with Gasteiger partial charge in [-0.3, -0.25) is 0 Å². The van der Waals surface area contributed by atoms with E-state index in [-0.39, 0.29) is 56.9 Å². The van der Waals surface area contributed by atoms with Crippen LogP contribution in [0.2, 0.25) is 0 Å². The van der Waals surface area contributed by atoms with Crippen LogP contribution in [0.1, 0.15) is 0 Å². The van der Waals surface area contributed by atoms with Crippen molar-refractivity contribution in [2.24, 2.45) is 0 Å². The number of nitriles is 4. The molecule has 0 amide bonds. The third-order valence-corrected chi connectivity index (χ3v) is 2.51. The smallest absolute Gasteiger partial charge is 0.412 e. The van der Waals surface area contributed by atoms with Crippen molar-refractivity contribution in [1.82, 2.24) is 0 Å². The summed E-state index contributed by atoms with van der Waals surface area (Å²) >= 11 is -3.58. The van der Waals surface area contributed by atoms with Crippen LogP contribution in [0.25, 0.3) is 0 Å². The molecule has 5 nitrogen and oxygen atoms in total. The van der Waals surface area contributed by atoms with Crippen molar-refractivity contribution in [1.29, 1.82) is 21.0 Å². The molecule has 7 heteroatoms. The number of hydrogen-bond acceptors (Lipinski definition) is 4. The fourth-order valence-electron chi connectivity index (χ4n) is 0.0949. The second kappa shape index (κ2) is 8.32. The Hall–Kier alpha value is 0.219. The molecule has 0 atom stereocenters. The van der Waals surface area contributed by atoms with E-state index in [1.165, 1.54) is 18.2 Å². The normalized spacial score (nSPS) is 7.64. The largest absolute Gasteiger partial charge is 1.00 e. The number of hydrogen-bond donors (Lipinski definition) is 0. The van der Waals surface area contributed by atoms with Gasteiger partial charge in [-0.1, -0.05) is 0 Å². The molecule has 0 aliphatic heterocycles. The van der Waals surface area contributed by atoms with Crippen molar-refractivity contribution in [3.63, 3.8) is 0 Å². The molecule has 0 unspecified atom stereocenters. The maximum absolute atomic E-state index is 8.13. The molecule has 11 heavy (non-hydrogen) atoms. The Kier molecular flexibility index (Phi) is 13.1. The third-order valence-electron chi connectivity index (χ3n) is 0.424. The molecule has 0 aromatic heterocycles. The van der Waals surface area contributed by atoms with E-state index in [1.54, 1.807) is 0 Å². The topological polar surface area (TPSA) is 127 Å². The minimum atomic E-state index is -3.58. The van der Waals surface area contributed by atoms with Crippen LogP contribution in [0.3, 0.4) is 0 Å². The van der Waals surface area contributed by atoms with Gasteiger partial charge in [0.05, 0.1) is 0 Å². The minimum absolute atomic E-state index is 0. The van der Waals surface area contributed by atoms with E-state index in [2.05, 4.69) is 0 Å². The summed E-state index contributed by atoms with van der Waals surface area (Å²) in [5, 5.41) is 32.5. The Morgan fingerprint density at radius 3 is 0.909 bits per heavy atom. The maximum atomic E-state index is 8.13. The number of nitrogens with zero attached hydrogens (tertiary/aromatic N) is 4. The summed E-state index contributed by atoms with van der Waals surface area (Å²) in [4.78, 5) is 0. The summed E-state index contributed by atoms with van der Waals surface area (Å²) in [6, 6.07) is 0. The summed E-state index contributed by atoms with van der Waals surface area (Å²) in [5.74, 6) is 0. The molecule has 0 saturated heterocycles. The SMILES string of the molecule is N#[C][Pd-]([C]#N)([C]#N)[C]#N.O.[K+]. The van der Waals surface area contributed by atoms with E-state index in [4.69, 9.17) is 21.0 Å². The van der Waals surface area contributed by atoms with Gasteiger partial charge < -0.3 is 5.48 Å². The number of rotatable bonds is 0. The van der Waals surface area contributed by atoms with Crippen molar-refractivity contribution in [3.05, 3.63) is 0 Å². The molecule has 2 N–H and O–H groups in total. The maximum Gasteiger partial charge on any atom is 1.00 e. The first-order valence-corrected chi connectivity index (χ1v) is 4.64. The molecule has 0 rings (SSSR count). The van der Waals surface area contributed by atoms with E-state index in [0.29, 0.717) is 0 Å². The van der Waals surface area contributed by atoms with Crippen LogP contribution in [0.4, 0.5) is 0 Å². The Bertz CT molecular complexity index is 215. The van der Waals surface area contributed by atoms with Crippen LogP contribution < -0.4 is 51.4 Å². The van der Waals surface area contributed by atoms with Gasteiger partial charge in [-0.15, -0.1) is 0 Å². The van der Waals surface area contributed by atoms with Gasteiger partial charge in [-0.2, -0.15) is 0 Å².